The molecule has 10 heteroatoms. The van der Waals surface area contributed by atoms with Crippen molar-refractivity contribution in [3.8, 4) is 11.4 Å². The Hall–Kier alpha value is -2.52. The van der Waals surface area contributed by atoms with Crippen LogP contribution in [0.15, 0.2) is 59.6 Å². The average Bonchev–Trinajstić information content (AvgIpc) is 2.88. The molecule has 196 valence electrons. The van der Waals surface area contributed by atoms with Gasteiger partial charge < -0.3 is 10.6 Å². The molecule has 5 rings (SSSR count). The van der Waals surface area contributed by atoms with E-state index in [1.165, 1.54) is 11.8 Å². The molecular formula is C27H30Cl2N4O3S. The number of halogens is 2. The minimum Gasteiger partial charge on any atom is -0.335 e. The van der Waals surface area contributed by atoms with Crippen molar-refractivity contribution in [2.45, 2.75) is 48.5 Å². The average molecular weight is 562 g/mol. The van der Waals surface area contributed by atoms with E-state index in [4.69, 9.17) is 17.3 Å². The van der Waals surface area contributed by atoms with E-state index in [0.717, 1.165) is 25.7 Å². The van der Waals surface area contributed by atoms with Gasteiger partial charge >= 0.3 is 0 Å². The number of hydrogen-bond acceptors (Lipinski definition) is 6. The van der Waals surface area contributed by atoms with Crippen LogP contribution in [0.2, 0.25) is 5.02 Å². The monoisotopic (exact) mass is 560 g/mol. The Bertz CT molecular complexity index is 1420. The first kappa shape index (κ1) is 27.5. The number of hydrogen-bond donors (Lipinski definition) is 1. The van der Waals surface area contributed by atoms with Crippen molar-refractivity contribution >= 4 is 39.8 Å². The number of amides is 1. The van der Waals surface area contributed by atoms with Crippen molar-refractivity contribution in [3.63, 3.8) is 0 Å². The Morgan fingerprint density at radius 3 is 2.54 bits per heavy atom. The molecule has 0 unspecified atom stereocenters. The maximum Gasteiger partial charge on any atom is 0.257 e. The van der Waals surface area contributed by atoms with E-state index in [9.17, 15) is 13.2 Å². The van der Waals surface area contributed by atoms with E-state index in [0.29, 0.717) is 47.2 Å². The van der Waals surface area contributed by atoms with E-state index in [-0.39, 0.29) is 34.7 Å². The maximum absolute atomic E-state index is 13.4. The topological polar surface area (TPSA) is 106 Å². The summed E-state index contributed by atoms with van der Waals surface area (Å²) in [6.07, 6.45) is 6.94. The fraction of sp³-hybridized carbons (Fsp3) is 0.370. The zero-order valence-corrected chi connectivity index (χ0v) is 23.0. The summed E-state index contributed by atoms with van der Waals surface area (Å²) in [6, 6.07) is 14.7. The van der Waals surface area contributed by atoms with Crippen molar-refractivity contribution < 1.29 is 13.2 Å². The summed E-state index contributed by atoms with van der Waals surface area (Å²) in [5.74, 6) is 0.383. The molecule has 1 fully saturated rings. The highest BCUT2D eigenvalue weighted by molar-refractivity contribution is 7.90. The van der Waals surface area contributed by atoms with Crippen LogP contribution in [0.25, 0.3) is 11.4 Å². The fourth-order valence-corrected chi connectivity index (χ4v) is 6.38. The number of aromatic nitrogens is 2. The lowest BCUT2D eigenvalue weighted by molar-refractivity contribution is 0.0572. The van der Waals surface area contributed by atoms with Gasteiger partial charge in [-0.3, -0.25) is 4.79 Å². The lowest BCUT2D eigenvalue weighted by Crippen LogP contribution is -2.49. The predicted octanol–water partition coefficient (Wildman–Crippen LogP) is 4.46. The van der Waals surface area contributed by atoms with Crippen LogP contribution >= 0.6 is 24.0 Å². The lowest BCUT2D eigenvalue weighted by atomic mass is 9.68. The molecule has 0 saturated heterocycles. The van der Waals surface area contributed by atoms with Crippen LogP contribution in [0.1, 0.15) is 47.3 Å². The second kappa shape index (κ2) is 10.7. The molecule has 3 aromatic rings. The molecule has 2 aliphatic rings. The third-order valence-electron chi connectivity index (χ3n) is 7.65. The van der Waals surface area contributed by atoms with Gasteiger partial charge in [-0.1, -0.05) is 35.9 Å². The first-order valence-corrected chi connectivity index (χ1v) is 14.4. The van der Waals surface area contributed by atoms with Gasteiger partial charge in [-0.05, 0) is 55.5 Å². The number of nitrogens with zero attached hydrogens (tertiary/aromatic N) is 3. The van der Waals surface area contributed by atoms with Gasteiger partial charge in [0.1, 0.15) is 0 Å². The standard InChI is InChI=1S/C27H29ClN4O3S.ClH/c1-36(34,35)22-7-2-4-18(14-22)25-30-16-23-24(31-25)10-13-32(26(23)33)21-8-11-27(17-29,12-9-21)19-5-3-6-20(28)15-19;/h2-7,14-16,21H,8-13,17,29H2,1H3;1H/t21-,27+;. The lowest BCUT2D eigenvalue weighted by Gasteiger charge is -2.44. The van der Waals surface area contributed by atoms with Crippen LogP contribution in [0.4, 0.5) is 0 Å². The number of carbonyl (C=O) groups is 1. The highest BCUT2D eigenvalue weighted by atomic mass is 35.5. The number of fused-ring (bicyclic) bond motifs is 1. The van der Waals surface area contributed by atoms with Crippen LogP contribution in [0.5, 0.6) is 0 Å². The van der Waals surface area contributed by atoms with E-state index < -0.39 is 9.84 Å². The highest BCUT2D eigenvalue weighted by Crippen LogP contribution is 2.41. The Balaban J connectivity index is 0.00000320. The normalized spacial score (nSPS) is 21.8. The predicted molar refractivity (Wildman–Crippen MR) is 147 cm³/mol. The van der Waals surface area contributed by atoms with Crippen molar-refractivity contribution in [2.24, 2.45) is 5.73 Å². The molecule has 2 heterocycles. The Labute approximate surface area is 228 Å². The minimum absolute atomic E-state index is 0. The molecule has 37 heavy (non-hydrogen) atoms. The number of nitrogens with two attached hydrogens (primary N) is 1. The van der Waals surface area contributed by atoms with Crippen LogP contribution in [0, 0.1) is 0 Å². The molecule has 1 saturated carbocycles. The van der Waals surface area contributed by atoms with Crippen LogP contribution in [-0.2, 0) is 21.7 Å². The summed E-state index contributed by atoms with van der Waals surface area (Å²) < 4.78 is 23.9. The van der Waals surface area contributed by atoms with Gasteiger partial charge in [0.25, 0.3) is 5.91 Å². The van der Waals surface area contributed by atoms with E-state index >= 15 is 0 Å². The second-order valence-electron chi connectivity index (χ2n) is 9.83. The Morgan fingerprint density at radius 2 is 1.86 bits per heavy atom. The van der Waals surface area contributed by atoms with Crippen molar-refractivity contribution in [3.05, 3.63) is 76.6 Å². The first-order chi connectivity index (χ1) is 17.2. The number of benzene rings is 2. The van der Waals surface area contributed by atoms with Crippen LogP contribution in [-0.4, -0.2) is 54.6 Å². The molecule has 0 radical (unpaired) electrons. The summed E-state index contributed by atoms with van der Waals surface area (Å²) in [5, 5.41) is 0.715. The van der Waals surface area contributed by atoms with Gasteiger partial charge in [-0.2, -0.15) is 0 Å². The van der Waals surface area contributed by atoms with E-state index in [2.05, 4.69) is 16.0 Å². The maximum atomic E-state index is 13.4. The summed E-state index contributed by atoms with van der Waals surface area (Å²) in [4.78, 5) is 24.7. The largest absolute Gasteiger partial charge is 0.335 e. The minimum atomic E-state index is -3.34. The smallest absolute Gasteiger partial charge is 0.257 e. The van der Waals surface area contributed by atoms with E-state index in [1.54, 1.807) is 30.5 Å². The summed E-state index contributed by atoms with van der Waals surface area (Å²) in [6.45, 7) is 1.15. The highest BCUT2D eigenvalue weighted by Gasteiger charge is 2.40. The van der Waals surface area contributed by atoms with Crippen LogP contribution < -0.4 is 5.73 Å². The Kier molecular flexibility index (Phi) is 7.95. The van der Waals surface area contributed by atoms with Crippen molar-refractivity contribution in [1.29, 1.82) is 0 Å². The zero-order chi connectivity index (χ0) is 25.5. The molecular weight excluding hydrogens is 531 g/mol. The molecule has 1 amide bonds. The van der Waals surface area contributed by atoms with Gasteiger partial charge in [0.15, 0.2) is 15.7 Å². The first-order valence-electron chi connectivity index (χ1n) is 12.1. The quantitative estimate of drug-likeness (QED) is 0.493. The molecule has 0 atom stereocenters. The number of sulfone groups is 1. The SMILES string of the molecule is CS(=O)(=O)c1cccc(-c2ncc3c(n2)CCN([C@H]2CC[C@@](CN)(c4cccc(Cl)c4)CC2)C3=O)c1.Cl. The van der Waals surface area contributed by atoms with Crippen molar-refractivity contribution in [1.82, 2.24) is 14.9 Å². The zero-order valence-electron chi connectivity index (χ0n) is 20.6. The molecule has 2 aromatic carbocycles. The molecule has 1 aliphatic heterocycles. The van der Waals surface area contributed by atoms with Gasteiger partial charge in [-0.15, -0.1) is 12.4 Å². The molecule has 1 aliphatic carbocycles. The molecule has 7 nitrogen and oxygen atoms in total. The van der Waals surface area contributed by atoms with Gasteiger partial charge in [0.05, 0.1) is 16.2 Å². The molecule has 2 N–H and O–H groups in total. The third-order valence-corrected chi connectivity index (χ3v) is 8.99. The molecule has 1 aromatic heterocycles. The Morgan fingerprint density at radius 1 is 1.14 bits per heavy atom. The van der Waals surface area contributed by atoms with Crippen molar-refractivity contribution in [2.75, 3.05) is 19.3 Å². The van der Waals surface area contributed by atoms with Gasteiger partial charge in [0, 0.05) is 54.0 Å². The fourth-order valence-electron chi connectivity index (χ4n) is 5.52. The third kappa shape index (κ3) is 5.39. The van der Waals surface area contributed by atoms with Gasteiger partial charge in [0.2, 0.25) is 0 Å². The summed E-state index contributed by atoms with van der Waals surface area (Å²) >= 11 is 6.25. The number of carbonyl (C=O) groups excluding carboxylic acids is 1. The summed E-state index contributed by atoms with van der Waals surface area (Å²) in [5.41, 5.74) is 9.16. The molecule has 0 spiro atoms. The number of rotatable bonds is 5. The second-order valence-corrected chi connectivity index (χ2v) is 12.3. The molecule has 0 bridgehead atoms. The van der Waals surface area contributed by atoms with Crippen LogP contribution in [0.3, 0.4) is 0 Å². The van der Waals surface area contributed by atoms with E-state index in [1.807, 2.05) is 23.1 Å². The summed E-state index contributed by atoms with van der Waals surface area (Å²) in [7, 11) is -3.34. The van der Waals surface area contributed by atoms with Gasteiger partial charge in [-0.25, -0.2) is 18.4 Å².